The molecular formula is C11H9Cl2NO. The Morgan fingerprint density at radius 2 is 1.93 bits per heavy atom. The fraction of sp³-hybridized carbons (Fsp3) is 0.0909. The largest absolute Gasteiger partial charge is 0.449 e. The first-order valence-electron chi connectivity index (χ1n) is 4.43. The lowest BCUT2D eigenvalue weighted by Crippen LogP contribution is -1.94. The molecule has 0 saturated carbocycles. The van der Waals surface area contributed by atoms with Gasteiger partial charge in [-0.3, -0.25) is 0 Å². The number of hydrogen-bond acceptors (Lipinski definition) is 2. The quantitative estimate of drug-likeness (QED) is 0.814. The maximum Gasteiger partial charge on any atom is 0.193 e. The number of rotatable bonds is 2. The van der Waals surface area contributed by atoms with Crippen LogP contribution in [0.3, 0.4) is 0 Å². The molecule has 0 aliphatic carbocycles. The van der Waals surface area contributed by atoms with Gasteiger partial charge in [-0.2, -0.15) is 0 Å². The average Bonchev–Trinajstić information content (AvgIpc) is 2.56. The van der Waals surface area contributed by atoms with Crippen molar-refractivity contribution < 1.29 is 4.42 Å². The number of furan rings is 1. The number of nitrogens with two attached hydrogens (primary N) is 1. The Hall–Kier alpha value is -1.12. The first kappa shape index (κ1) is 10.4. The summed E-state index contributed by atoms with van der Waals surface area (Å²) in [5.74, 6) is 0.786. The summed E-state index contributed by atoms with van der Waals surface area (Å²) in [6, 6.07) is 8.95. The molecule has 0 spiro atoms. The molecule has 2 N–H and O–H groups in total. The molecule has 1 heterocycles. The Balaban J connectivity index is 2.24. The van der Waals surface area contributed by atoms with Crippen molar-refractivity contribution in [2.75, 3.05) is 5.73 Å². The van der Waals surface area contributed by atoms with Crippen molar-refractivity contribution in [1.82, 2.24) is 0 Å². The third kappa shape index (κ3) is 2.46. The topological polar surface area (TPSA) is 39.2 Å². The number of hydrogen-bond donors (Lipinski definition) is 1. The summed E-state index contributed by atoms with van der Waals surface area (Å²) in [5, 5.41) is 1.02. The first-order chi connectivity index (χ1) is 7.15. The molecule has 0 fully saturated rings. The third-order valence-electron chi connectivity index (χ3n) is 2.10. The minimum absolute atomic E-state index is 0.387. The molecule has 0 bridgehead atoms. The molecule has 0 radical (unpaired) electrons. The van der Waals surface area contributed by atoms with Crippen LogP contribution in [0, 0.1) is 0 Å². The molecule has 78 valence electrons. The fourth-order valence-corrected chi connectivity index (χ4v) is 1.70. The van der Waals surface area contributed by atoms with E-state index in [1.54, 1.807) is 18.2 Å². The normalized spacial score (nSPS) is 10.5. The van der Waals surface area contributed by atoms with Crippen molar-refractivity contribution in [2.45, 2.75) is 6.42 Å². The Morgan fingerprint density at radius 1 is 1.13 bits per heavy atom. The van der Waals surface area contributed by atoms with Gasteiger partial charge in [0.15, 0.2) is 5.22 Å². The van der Waals surface area contributed by atoms with Gasteiger partial charge in [0.1, 0.15) is 5.76 Å². The number of benzene rings is 1. The van der Waals surface area contributed by atoms with Gasteiger partial charge in [-0.05, 0) is 41.4 Å². The van der Waals surface area contributed by atoms with Gasteiger partial charge in [0.2, 0.25) is 0 Å². The molecule has 4 heteroatoms. The monoisotopic (exact) mass is 241 g/mol. The van der Waals surface area contributed by atoms with Crippen LogP contribution in [0.1, 0.15) is 11.3 Å². The van der Waals surface area contributed by atoms with Crippen molar-refractivity contribution >= 4 is 28.9 Å². The summed E-state index contributed by atoms with van der Waals surface area (Å²) < 4.78 is 5.25. The lowest BCUT2D eigenvalue weighted by Gasteiger charge is -2.03. The minimum atomic E-state index is 0.387. The van der Waals surface area contributed by atoms with Gasteiger partial charge >= 0.3 is 0 Å². The molecule has 2 rings (SSSR count). The highest BCUT2D eigenvalue weighted by Crippen LogP contribution is 2.22. The van der Waals surface area contributed by atoms with Crippen LogP contribution < -0.4 is 5.73 Å². The van der Waals surface area contributed by atoms with E-state index in [9.17, 15) is 0 Å². The van der Waals surface area contributed by atoms with Gasteiger partial charge in [0, 0.05) is 17.1 Å². The number of halogens is 2. The van der Waals surface area contributed by atoms with Crippen LogP contribution in [0.5, 0.6) is 0 Å². The third-order valence-corrected chi connectivity index (χ3v) is 2.54. The van der Waals surface area contributed by atoms with E-state index < -0.39 is 0 Å². The second-order valence-corrected chi connectivity index (χ2v) is 4.03. The van der Waals surface area contributed by atoms with Crippen molar-refractivity contribution in [3.63, 3.8) is 0 Å². The predicted molar refractivity (Wildman–Crippen MR) is 62.4 cm³/mol. The van der Waals surface area contributed by atoms with Crippen molar-refractivity contribution in [3.05, 3.63) is 51.9 Å². The van der Waals surface area contributed by atoms with Crippen LogP contribution in [0.25, 0.3) is 0 Å². The van der Waals surface area contributed by atoms with Crippen LogP contribution in [-0.2, 0) is 6.42 Å². The van der Waals surface area contributed by atoms with E-state index in [2.05, 4.69) is 0 Å². The van der Waals surface area contributed by atoms with Gasteiger partial charge < -0.3 is 10.2 Å². The zero-order chi connectivity index (χ0) is 10.8. The molecule has 1 aromatic heterocycles. The molecule has 0 atom stereocenters. The average molecular weight is 242 g/mol. The number of nitrogen functional groups attached to an aromatic ring is 1. The highest BCUT2D eigenvalue weighted by molar-refractivity contribution is 6.30. The van der Waals surface area contributed by atoms with Crippen LogP contribution in [0.2, 0.25) is 10.2 Å². The summed E-state index contributed by atoms with van der Waals surface area (Å²) in [6.45, 7) is 0. The Labute approximate surface area is 97.6 Å². The van der Waals surface area contributed by atoms with E-state index in [0.717, 1.165) is 11.3 Å². The van der Waals surface area contributed by atoms with Gasteiger partial charge in [-0.25, -0.2) is 0 Å². The standard InChI is InChI=1S/C11H9Cl2NO/c12-8-2-1-7(10(14)6-8)5-9-3-4-11(13)15-9/h1-4,6H,5,14H2. The highest BCUT2D eigenvalue weighted by Gasteiger charge is 2.05. The van der Waals surface area contributed by atoms with Crippen molar-refractivity contribution in [3.8, 4) is 0 Å². The first-order valence-corrected chi connectivity index (χ1v) is 5.19. The van der Waals surface area contributed by atoms with E-state index in [4.69, 9.17) is 33.4 Å². The molecule has 2 nitrogen and oxygen atoms in total. The molecule has 0 aliphatic rings. The predicted octanol–water partition coefficient (Wildman–Crippen LogP) is 3.76. The molecule has 15 heavy (non-hydrogen) atoms. The zero-order valence-corrected chi connectivity index (χ0v) is 9.35. The van der Waals surface area contributed by atoms with Crippen molar-refractivity contribution in [1.29, 1.82) is 0 Å². The van der Waals surface area contributed by atoms with Crippen LogP contribution >= 0.6 is 23.2 Å². The fourth-order valence-electron chi connectivity index (χ4n) is 1.36. The van der Waals surface area contributed by atoms with Gasteiger partial charge in [0.05, 0.1) is 0 Å². The maximum absolute atomic E-state index is 5.82. The molecule has 0 amide bonds. The smallest absolute Gasteiger partial charge is 0.193 e. The highest BCUT2D eigenvalue weighted by atomic mass is 35.5. The molecule has 0 unspecified atom stereocenters. The number of anilines is 1. The maximum atomic E-state index is 5.82. The Morgan fingerprint density at radius 3 is 2.53 bits per heavy atom. The molecule has 1 aromatic carbocycles. The summed E-state index contributed by atoms with van der Waals surface area (Å²) >= 11 is 11.5. The zero-order valence-electron chi connectivity index (χ0n) is 7.84. The molecule has 0 saturated heterocycles. The Bertz CT molecular complexity index is 479. The van der Waals surface area contributed by atoms with E-state index in [1.165, 1.54) is 0 Å². The second-order valence-electron chi connectivity index (χ2n) is 3.23. The van der Waals surface area contributed by atoms with Gasteiger partial charge in [-0.15, -0.1) is 0 Å². The lowest BCUT2D eigenvalue weighted by atomic mass is 10.1. The van der Waals surface area contributed by atoms with Crippen LogP contribution in [0.4, 0.5) is 5.69 Å². The summed E-state index contributed by atoms with van der Waals surface area (Å²) in [6.07, 6.45) is 0.621. The minimum Gasteiger partial charge on any atom is -0.449 e. The van der Waals surface area contributed by atoms with E-state index in [-0.39, 0.29) is 0 Å². The summed E-state index contributed by atoms with van der Waals surface area (Å²) in [5.41, 5.74) is 7.46. The SMILES string of the molecule is Nc1cc(Cl)ccc1Cc1ccc(Cl)o1. The van der Waals surface area contributed by atoms with E-state index in [1.807, 2.05) is 12.1 Å². The van der Waals surface area contributed by atoms with Gasteiger partial charge in [-0.1, -0.05) is 17.7 Å². The van der Waals surface area contributed by atoms with Crippen LogP contribution in [0.15, 0.2) is 34.7 Å². The van der Waals surface area contributed by atoms with E-state index >= 15 is 0 Å². The van der Waals surface area contributed by atoms with Gasteiger partial charge in [0.25, 0.3) is 0 Å². The van der Waals surface area contributed by atoms with E-state index in [0.29, 0.717) is 22.4 Å². The second kappa shape index (κ2) is 4.17. The molecule has 0 aliphatic heterocycles. The van der Waals surface area contributed by atoms with Crippen molar-refractivity contribution in [2.24, 2.45) is 0 Å². The molecular weight excluding hydrogens is 233 g/mol. The van der Waals surface area contributed by atoms with Crippen LogP contribution in [-0.4, -0.2) is 0 Å². The summed E-state index contributed by atoms with van der Waals surface area (Å²) in [7, 11) is 0. The Kier molecular flexibility index (Phi) is 2.89. The summed E-state index contributed by atoms with van der Waals surface area (Å²) in [4.78, 5) is 0. The molecule has 2 aromatic rings. The lowest BCUT2D eigenvalue weighted by molar-refractivity contribution is 0.523.